The van der Waals surface area contributed by atoms with Crippen LogP contribution in [-0.4, -0.2) is 35.3 Å². The Balaban J connectivity index is 2.22. The number of carbonyl (C=O) groups excluding carboxylic acids is 3. The number of rotatable bonds is 4. The number of amides is 4. The fraction of sp³-hybridized carbons (Fsp3) is 0.357. The third-order valence-corrected chi connectivity index (χ3v) is 2.95. The molecule has 0 aliphatic carbocycles. The monoisotopic (exact) mass is 275 g/mol. The van der Waals surface area contributed by atoms with Gasteiger partial charge in [0.1, 0.15) is 0 Å². The lowest BCUT2D eigenvalue weighted by molar-refractivity contribution is -0.125. The van der Waals surface area contributed by atoms with E-state index < -0.39 is 6.03 Å². The Morgan fingerprint density at radius 1 is 1.35 bits per heavy atom. The molecule has 20 heavy (non-hydrogen) atoms. The van der Waals surface area contributed by atoms with Crippen LogP contribution in [0.1, 0.15) is 29.8 Å². The molecule has 1 aliphatic rings. The van der Waals surface area contributed by atoms with Crippen LogP contribution in [0.2, 0.25) is 0 Å². The number of imide groups is 1. The average molecular weight is 275 g/mol. The summed E-state index contributed by atoms with van der Waals surface area (Å²) in [6, 6.07) is 6.56. The fourth-order valence-electron chi connectivity index (χ4n) is 2.01. The zero-order valence-electron chi connectivity index (χ0n) is 11.5. The van der Waals surface area contributed by atoms with E-state index in [1.807, 2.05) is 13.8 Å². The van der Waals surface area contributed by atoms with Crippen LogP contribution in [0, 0.1) is 0 Å². The van der Waals surface area contributed by atoms with E-state index in [1.54, 1.807) is 24.3 Å². The van der Waals surface area contributed by atoms with E-state index in [0.29, 0.717) is 11.1 Å². The van der Waals surface area contributed by atoms with Crippen molar-refractivity contribution in [3.05, 3.63) is 35.4 Å². The summed E-state index contributed by atoms with van der Waals surface area (Å²) in [5.74, 6) is -0.489. The molecular formula is C14H17N3O3. The summed E-state index contributed by atoms with van der Waals surface area (Å²) in [6.07, 6.45) is 0. The van der Waals surface area contributed by atoms with E-state index >= 15 is 0 Å². The van der Waals surface area contributed by atoms with Crippen LogP contribution in [0.4, 0.5) is 4.79 Å². The standard InChI is InChI=1S/C14H17N3O3/c1-9(2)16-13(19)11-6-4-3-5-10(11)8-17-12(18)7-15-14(17)20/h3-6,9H,7-8H2,1-2H3,(H,15,20)(H,16,19). The molecule has 1 heterocycles. The quantitative estimate of drug-likeness (QED) is 0.801. The van der Waals surface area contributed by atoms with E-state index in [0.717, 1.165) is 4.90 Å². The molecule has 0 spiro atoms. The van der Waals surface area contributed by atoms with Gasteiger partial charge in [0.05, 0.1) is 13.1 Å². The number of hydrogen-bond donors (Lipinski definition) is 2. The van der Waals surface area contributed by atoms with Gasteiger partial charge in [0.25, 0.3) is 5.91 Å². The summed E-state index contributed by atoms with van der Waals surface area (Å²) >= 11 is 0. The average Bonchev–Trinajstić information content (AvgIpc) is 2.70. The van der Waals surface area contributed by atoms with Crippen LogP contribution in [0.3, 0.4) is 0 Å². The highest BCUT2D eigenvalue weighted by atomic mass is 16.2. The first-order valence-corrected chi connectivity index (χ1v) is 6.46. The number of nitrogens with zero attached hydrogens (tertiary/aromatic N) is 1. The minimum absolute atomic E-state index is 0.0131. The Morgan fingerprint density at radius 3 is 2.65 bits per heavy atom. The Kier molecular flexibility index (Phi) is 4.02. The smallest absolute Gasteiger partial charge is 0.324 e. The molecule has 0 aromatic heterocycles. The van der Waals surface area contributed by atoms with Gasteiger partial charge in [-0.05, 0) is 25.5 Å². The highest BCUT2D eigenvalue weighted by Crippen LogP contribution is 2.14. The van der Waals surface area contributed by atoms with Crippen molar-refractivity contribution in [2.24, 2.45) is 0 Å². The molecular weight excluding hydrogens is 258 g/mol. The molecule has 0 unspecified atom stereocenters. The van der Waals surface area contributed by atoms with Crippen molar-refractivity contribution in [2.75, 3.05) is 6.54 Å². The first-order valence-electron chi connectivity index (χ1n) is 6.46. The number of carbonyl (C=O) groups is 3. The Labute approximate surface area is 117 Å². The van der Waals surface area contributed by atoms with Crippen molar-refractivity contribution in [3.8, 4) is 0 Å². The maximum Gasteiger partial charge on any atom is 0.324 e. The first kappa shape index (κ1) is 14.0. The molecule has 1 aliphatic heterocycles. The molecule has 4 amide bonds. The second kappa shape index (κ2) is 5.73. The number of urea groups is 1. The van der Waals surface area contributed by atoms with Crippen molar-refractivity contribution in [1.29, 1.82) is 0 Å². The van der Waals surface area contributed by atoms with Crippen molar-refractivity contribution >= 4 is 17.8 Å². The van der Waals surface area contributed by atoms with Gasteiger partial charge >= 0.3 is 6.03 Å². The molecule has 2 N–H and O–H groups in total. The summed E-state index contributed by atoms with van der Waals surface area (Å²) in [5.41, 5.74) is 1.13. The zero-order valence-corrected chi connectivity index (χ0v) is 11.5. The van der Waals surface area contributed by atoms with Crippen molar-refractivity contribution in [2.45, 2.75) is 26.4 Å². The van der Waals surface area contributed by atoms with E-state index in [4.69, 9.17) is 0 Å². The molecule has 6 nitrogen and oxygen atoms in total. The van der Waals surface area contributed by atoms with E-state index in [2.05, 4.69) is 10.6 Å². The zero-order chi connectivity index (χ0) is 14.7. The van der Waals surface area contributed by atoms with Crippen LogP contribution in [0.25, 0.3) is 0 Å². The molecule has 1 fully saturated rings. The highest BCUT2D eigenvalue weighted by Gasteiger charge is 2.29. The Morgan fingerprint density at radius 2 is 2.05 bits per heavy atom. The maximum atomic E-state index is 12.1. The van der Waals surface area contributed by atoms with Crippen LogP contribution in [0.15, 0.2) is 24.3 Å². The van der Waals surface area contributed by atoms with Gasteiger partial charge in [-0.25, -0.2) is 4.79 Å². The predicted molar refractivity (Wildman–Crippen MR) is 73.0 cm³/mol. The predicted octanol–water partition coefficient (Wildman–Crippen LogP) is 0.877. The third kappa shape index (κ3) is 2.96. The van der Waals surface area contributed by atoms with Crippen molar-refractivity contribution < 1.29 is 14.4 Å². The van der Waals surface area contributed by atoms with Gasteiger partial charge in [-0.15, -0.1) is 0 Å². The minimum atomic E-state index is -0.422. The van der Waals surface area contributed by atoms with Crippen LogP contribution in [-0.2, 0) is 11.3 Å². The van der Waals surface area contributed by atoms with Crippen molar-refractivity contribution in [1.82, 2.24) is 15.5 Å². The number of nitrogens with one attached hydrogen (secondary N) is 2. The summed E-state index contributed by atoms with van der Waals surface area (Å²) in [6.45, 7) is 3.86. The molecule has 0 radical (unpaired) electrons. The second-order valence-corrected chi connectivity index (χ2v) is 4.92. The largest absolute Gasteiger partial charge is 0.350 e. The summed E-state index contributed by atoms with van der Waals surface area (Å²) in [4.78, 5) is 36.3. The molecule has 2 rings (SSSR count). The van der Waals surface area contributed by atoms with E-state index in [1.165, 1.54) is 0 Å². The molecule has 0 atom stereocenters. The fourth-order valence-corrected chi connectivity index (χ4v) is 2.01. The van der Waals surface area contributed by atoms with Crippen LogP contribution < -0.4 is 10.6 Å². The molecule has 106 valence electrons. The van der Waals surface area contributed by atoms with Crippen LogP contribution in [0.5, 0.6) is 0 Å². The van der Waals surface area contributed by atoms with E-state index in [9.17, 15) is 14.4 Å². The lowest BCUT2D eigenvalue weighted by Gasteiger charge is -2.16. The van der Waals surface area contributed by atoms with Gasteiger partial charge in [0.2, 0.25) is 5.91 Å². The number of hydrogen-bond acceptors (Lipinski definition) is 3. The summed E-state index contributed by atoms with van der Waals surface area (Å²) in [7, 11) is 0. The number of benzene rings is 1. The second-order valence-electron chi connectivity index (χ2n) is 4.92. The Hall–Kier alpha value is -2.37. The summed E-state index contributed by atoms with van der Waals surface area (Å²) < 4.78 is 0. The normalized spacial score (nSPS) is 14.7. The molecule has 1 aromatic rings. The molecule has 1 saturated heterocycles. The van der Waals surface area contributed by atoms with Gasteiger partial charge in [0.15, 0.2) is 0 Å². The van der Waals surface area contributed by atoms with E-state index in [-0.39, 0.29) is 30.9 Å². The maximum absolute atomic E-state index is 12.1. The Bertz CT molecular complexity index is 538. The van der Waals surface area contributed by atoms with Gasteiger partial charge in [-0.1, -0.05) is 18.2 Å². The van der Waals surface area contributed by atoms with Crippen molar-refractivity contribution in [3.63, 3.8) is 0 Å². The molecule has 0 bridgehead atoms. The van der Waals surface area contributed by atoms with Crippen LogP contribution >= 0.6 is 0 Å². The van der Waals surface area contributed by atoms with Gasteiger partial charge in [-0.3, -0.25) is 14.5 Å². The molecule has 6 heteroatoms. The molecule has 1 aromatic carbocycles. The van der Waals surface area contributed by atoms with Gasteiger partial charge in [-0.2, -0.15) is 0 Å². The summed E-state index contributed by atoms with van der Waals surface area (Å²) in [5, 5.41) is 5.26. The SMILES string of the molecule is CC(C)NC(=O)c1ccccc1CN1C(=O)CNC1=O. The lowest BCUT2D eigenvalue weighted by atomic mass is 10.1. The first-order chi connectivity index (χ1) is 9.49. The topological polar surface area (TPSA) is 78.5 Å². The van der Waals surface area contributed by atoms with Gasteiger partial charge < -0.3 is 10.6 Å². The molecule has 0 saturated carbocycles. The van der Waals surface area contributed by atoms with Gasteiger partial charge in [0, 0.05) is 11.6 Å². The lowest BCUT2D eigenvalue weighted by Crippen LogP contribution is -2.33. The third-order valence-electron chi connectivity index (χ3n) is 2.95. The highest BCUT2D eigenvalue weighted by molar-refractivity contribution is 6.02. The minimum Gasteiger partial charge on any atom is -0.350 e.